The van der Waals surface area contributed by atoms with Crippen LogP contribution in [0.4, 0.5) is 5.69 Å². The molecule has 2 aromatic carbocycles. The van der Waals surface area contributed by atoms with Gasteiger partial charge in [0, 0.05) is 13.1 Å². The molecule has 0 aliphatic heterocycles. The fraction of sp³-hybridized carbons (Fsp3) is 0.481. The van der Waals surface area contributed by atoms with E-state index in [9.17, 15) is 18.0 Å². The van der Waals surface area contributed by atoms with Crippen molar-refractivity contribution >= 4 is 50.7 Å². The summed E-state index contributed by atoms with van der Waals surface area (Å²) in [6.07, 6.45) is 2.16. The molecule has 37 heavy (non-hydrogen) atoms. The maximum atomic E-state index is 13.7. The predicted molar refractivity (Wildman–Crippen MR) is 152 cm³/mol. The zero-order valence-corrected chi connectivity index (χ0v) is 24.7. The summed E-state index contributed by atoms with van der Waals surface area (Å²) in [4.78, 5) is 28.1. The van der Waals surface area contributed by atoms with E-state index in [0.717, 1.165) is 22.5 Å². The van der Waals surface area contributed by atoms with Crippen LogP contribution in [0.15, 0.2) is 42.5 Å². The number of amides is 2. The van der Waals surface area contributed by atoms with Crippen LogP contribution in [0, 0.1) is 0 Å². The molecule has 0 aliphatic carbocycles. The molecule has 1 N–H and O–H groups in total. The van der Waals surface area contributed by atoms with Crippen LogP contribution in [0.3, 0.4) is 0 Å². The molecule has 0 heterocycles. The highest BCUT2D eigenvalue weighted by molar-refractivity contribution is 7.92. The zero-order valence-electron chi connectivity index (χ0n) is 22.3. The number of hydrogen-bond donors (Lipinski definition) is 1. The van der Waals surface area contributed by atoms with Crippen molar-refractivity contribution in [1.82, 2.24) is 10.2 Å². The second-order valence-electron chi connectivity index (χ2n) is 10.1. The molecule has 7 nitrogen and oxygen atoms in total. The summed E-state index contributed by atoms with van der Waals surface area (Å²) in [5.41, 5.74) is 1.98. The quantitative estimate of drug-likeness (QED) is 0.393. The van der Waals surface area contributed by atoms with Crippen molar-refractivity contribution in [3.8, 4) is 0 Å². The van der Waals surface area contributed by atoms with Crippen molar-refractivity contribution < 1.29 is 18.0 Å². The Balaban J connectivity index is 2.45. The minimum atomic E-state index is -3.80. The highest BCUT2D eigenvalue weighted by atomic mass is 35.5. The molecule has 2 rings (SSSR count). The monoisotopic (exact) mass is 569 g/mol. The van der Waals surface area contributed by atoms with Gasteiger partial charge in [-0.1, -0.05) is 76.0 Å². The van der Waals surface area contributed by atoms with E-state index in [1.807, 2.05) is 26.0 Å². The molecule has 0 bridgehead atoms. The van der Waals surface area contributed by atoms with Crippen molar-refractivity contribution in [2.45, 2.75) is 65.5 Å². The van der Waals surface area contributed by atoms with Crippen LogP contribution in [0.25, 0.3) is 0 Å². The van der Waals surface area contributed by atoms with E-state index in [2.05, 4.69) is 26.1 Å². The van der Waals surface area contributed by atoms with Gasteiger partial charge in [0.2, 0.25) is 21.8 Å². The Morgan fingerprint density at radius 1 is 1.00 bits per heavy atom. The third kappa shape index (κ3) is 8.62. The third-order valence-corrected chi connectivity index (χ3v) is 7.85. The zero-order chi connectivity index (χ0) is 28.0. The first-order valence-corrected chi connectivity index (χ1v) is 14.9. The summed E-state index contributed by atoms with van der Waals surface area (Å²) in [5.74, 6) is -0.798. The maximum absolute atomic E-state index is 13.7. The summed E-state index contributed by atoms with van der Waals surface area (Å²) in [7, 11) is -3.80. The van der Waals surface area contributed by atoms with E-state index >= 15 is 0 Å². The molecule has 204 valence electrons. The summed E-state index contributed by atoms with van der Waals surface area (Å²) < 4.78 is 26.6. The van der Waals surface area contributed by atoms with E-state index in [1.165, 1.54) is 4.90 Å². The van der Waals surface area contributed by atoms with E-state index in [-0.39, 0.29) is 17.9 Å². The Morgan fingerprint density at radius 3 is 2.11 bits per heavy atom. The number of carbonyl (C=O) groups excluding carboxylic acids is 2. The first-order chi connectivity index (χ1) is 17.2. The molecule has 10 heteroatoms. The highest BCUT2D eigenvalue weighted by Crippen LogP contribution is 2.27. The second-order valence-corrected chi connectivity index (χ2v) is 12.8. The van der Waals surface area contributed by atoms with Gasteiger partial charge in [0.05, 0.1) is 22.0 Å². The lowest BCUT2D eigenvalue weighted by Crippen LogP contribution is -2.52. The fourth-order valence-corrected chi connectivity index (χ4v) is 5.03. The summed E-state index contributed by atoms with van der Waals surface area (Å²) >= 11 is 12.2. The van der Waals surface area contributed by atoms with Crippen LogP contribution in [-0.4, -0.2) is 50.5 Å². The number of nitrogens with one attached hydrogen (secondary N) is 1. The lowest BCUT2D eigenvalue weighted by Gasteiger charge is -2.33. The molecule has 0 saturated carbocycles. The average molecular weight is 571 g/mol. The van der Waals surface area contributed by atoms with Crippen LogP contribution in [0.1, 0.15) is 58.6 Å². The van der Waals surface area contributed by atoms with Gasteiger partial charge in [-0.15, -0.1) is 0 Å². The minimum Gasteiger partial charge on any atom is -0.354 e. The Bertz CT molecular complexity index is 1200. The first-order valence-electron chi connectivity index (χ1n) is 12.3. The van der Waals surface area contributed by atoms with Crippen molar-refractivity contribution in [1.29, 1.82) is 0 Å². The summed E-state index contributed by atoms with van der Waals surface area (Å²) in [6, 6.07) is 11.3. The smallest absolute Gasteiger partial charge is 0.244 e. The van der Waals surface area contributed by atoms with Crippen molar-refractivity contribution in [2.75, 3.05) is 23.7 Å². The van der Waals surface area contributed by atoms with Crippen molar-refractivity contribution in [3.63, 3.8) is 0 Å². The molecular formula is C27H37Cl2N3O4S. The SMILES string of the molecule is CCCNC(=O)[C@@H](CC)N(Cc1ccc(Cl)c(Cl)c1)C(=O)CN(c1ccc(C(C)(C)C)cc1)S(C)(=O)=O. The maximum Gasteiger partial charge on any atom is 0.244 e. The number of halogens is 2. The number of nitrogens with zero attached hydrogens (tertiary/aromatic N) is 2. The first kappa shape index (κ1) is 30.9. The van der Waals surface area contributed by atoms with Crippen LogP contribution in [0.5, 0.6) is 0 Å². The molecule has 0 saturated heterocycles. The van der Waals surface area contributed by atoms with Gasteiger partial charge < -0.3 is 10.2 Å². The number of rotatable bonds is 11. The number of benzene rings is 2. The average Bonchev–Trinajstić information content (AvgIpc) is 2.81. The molecule has 0 radical (unpaired) electrons. The van der Waals surface area contributed by atoms with Gasteiger partial charge in [-0.25, -0.2) is 8.42 Å². The molecular weight excluding hydrogens is 533 g/mol. The van der Waals surface area contributed by atoms with Crippen molar-refractivity contribution in [3.05, 3.63) is 63.6 Å². The van der Waals surface area contributed by atoms with Gasteiger partial charge >= 0.3 is 0 Å². The van der Waals surface area contributed by atoms with Crippen LogP contribution >= 0.6 is 23.2 Å². The summed E-state index contributed by atoms with van der Waals surface area (Å²) in [5, 5.41) is 3.55. The van der Waals surface area contributed by atoms with Crippen molar-refractivity contribution in [2.24, 2.45) is 0 Å². The van der Waals surface area contributed by atoms with Gasteiger partial charge in [-0.3, -0.25) is 13.9 Å². The van der Waals surface area contributed by atoms with Gasteiger partial charge in [0.25, 0.3) is 0 Å². The highest BCUT2D eigenvalue weighted by Gasteiger charge is 2.31. The molecule has 2 aromatic rings. The largest absolute Gasteiger partial charge is 0.354 e. The number of anilines is 1. The lowest BCUT2D eigenvalue weighted by molar-refractivity contribution is -0.140. The van der Waals surface area contributed by atoms with Gasteiger partial charge in [0.15, 0.2) is 0 Å². The molecule has 0 aromatic heterocycles. The molecule has 0 fully saturated rings. The molecule has 2 amide bonds. The van der Waals surface area contributed by atoms with Crippen LogP contribution < -0.4 is 9.62 Å². The second kappa shape index (κ2) is 13.0. The third-order valence-electron chi connectivity index (χ3n) is 5.97. The lowest BCUT2D eigenvalue weighted by atomic mass is 9.87. The molecule has 0 unspecified atom stereocenters. The Labute approximate surface area is 231 Å². The van der Waals surface area contributed by atoms with E-state index in [0.29, 0.717) is 34.3 Å². The normalized spacial score (nSPS) is 12.6. The minimum absolute atomic E-state index is 0.0638. The van der Waals surface area contributed by atoms with E-state index in [1.54, 1.807) is 30.3 Å². The molecule has 0 aliphatic rings. The summed E-state index contributed by atoms with van der Waals surface area (Å²) in [6.45, 7) is 10.0. The Hall–Kier alpha value is -2.29. The van der Waals surface area contributed by atoms with Gasteiger partial charge in [-0.2, -0.15) is 0 Å². The number of sulfonamides is 1. The van der Waals surface area contributed by atoms with Gasteiger partial charge in [-0.05, 0) is 53.6 Å². The molecule has 0 spiro atoms. The van der Waals surface area contributed by atoms with Crippen LogP contribution in [-0.2, 0) is 31.6 Å². The Kier molecular flexibility index (Phi) is 10.9. The van der Waals surface area contributed by atoms with E-state index in [4.69, 9.17) is 23.2 Å². The standard InChI is InChI=1S/C27H37Cl2N3O4S/c1-7-15-30-26(34)24(8-2)31(17-19-9-14-22(28)23(29)16-19)25(33)18-32(37(6,35)36)21-12-10-20(11-13-21)27(3,4)5/h9-14,16,24H,7-8,15,17-18H2,1-6H3,(H,30,34)/t24-/m1/s1. The van der Waals surface area contributed by atoms with Crippen LogP contribution in [0.2, 0.25) is 10.0 Å². The Morgan fingerprint density at radius 2 is 1.62 bits per heavy atom. The predicted octanol–water partition coefficient (Wildman–Crippen LogP) is 5.39. The molecule has 1 atom stereocenters. The number of carbonyl (C=O) groups is 2. The fourth-order valence-electron chi connectivity index (χ4n) is 3.86. The number of hydrogen-bond acceptors (Lipinski definition) is 4. The van der Waals surface area contributed by atoms with Gasteiger partial charge in [0.1, 0.15) is 12.6 Å². The topological polar surface area (TPSA) is 86.8 Å². The van der Waals surface area contributed by atoms with E-state index < -0.39 is 28.5 Å².